The molecule has 116 valence electrons. The highest BCUT2D eigenvalue weighted by atomic mass is 35.5. The Morgan fingerprint density at radius 2 is 1.87 bits per heavy atom. The first kappa shape index (κ1) is 15.4. The minimum absolute atomic E-state index is 0.262. The van der Waals surface area contributed by atoms with Crippen molar-refractivity contribution in [1.82, 2.24) is 0 Å². The van der Waals surface area contributed by atoms with Crippen LogP contribution in [0.5, 0.6) is 0 Å². The lowest BCUT2D eigenvalue weighted by molar-refractivity contribution is 0.0997. The maximum absolute atomic E-state index is 12.3. The van der Waals surface area contributed by atoms with Gasteiger partial charge in [0.15, 0.2) is 5.76 Å². The molecule has 0 aliphatic rings. The molecule has 1 aromatic heterocycles. The van der Waals surface area contributed by atoms with Gasteiger partial charge in [-0.15, -0.1) is 0 Å². The maximum Gasteiger partial charge on any atom is 0.291 e. The van der Waals surface area contributed by atoms with Crippen LogP contribution in [0.4, 0.5) is 5.69 Å². The predicted molar refractivity (Wildman–Crippen MR) is 93.0 cm³/mol. The van der Waals surface area contributed by atoms with Crippen LogP contribution in [0.2, 0.25) is 5.02 Å². The highest BCUT2D eigenvalue weighted by Gasteiger charge is 2.13. The molecule has 0 fully saturated rings. The van der Waals surface area contributed by atoms with Gasteiger partial charge in [0, 0.05) is 16.3 Å². The van der Waals surface area contributed by atoms with Gasteiger partial charge in [0.25, 0.3) is 5.91 Å². The van der Waals surface area contributed by atoms with Gasteiger partial charge >= 0.3 is 0 Å². The van der Waals surface area contributed by atoms with E-state index in [1.54, 1.807) is 12.1 Å². The molecule has 1 amide bonds. The van der Waals surface area contributed by atoms with Crippen molar-refractivity contribution in [1.29, 1.82) is 0 Å². The van der Waals surface area contributed by atoms with Crippen LogP contribution < -0.4 is 5.32 Å². The van der Waals surface area contributed by atoms with Crippen LogP contribution in [0.25, 0.3) is 11.3 Å². The Morgan fingerprint density at radius 1 is 1.04 bits per heavy atom. The van der Waals surface area contributed by atoms with E-state index in [1.165, 1.54) is 0 Å². The number of amides is 1. The molecule has 1 N–H and O–H groups in total. The molecule has 0 saturated heterocycles. The lowest BCUT2D eigenvalue weighted by Crippen LogP contribution is -2.10. The Bertz CT molecular complexity index is 867. The van der Waals surface area contributed by atoms with Gasteiger partial charge in [-0.3, -0.25) is 4.79 Å². The van der Waals surface area contributed by atoms with Gasteiger partial charge in [0.2, 0.25) is 0 Å². The number of rotatable bonds is 3. The molecular weight excluding hydrogens is 310 g/mol. The fourth-order valence-corrected chi connectivity index (χ4v) is 2.46. The molecule has 0 unspecified atom stereocenters. The van der Waals surface area contributed by atoms with Crippen LogP contribution >= 0.6 is 11.6 Å². The van der Waals surface area contributed by atoms with Crippen molar-refractivity contribution in [3.8, 4) is 11.3 Å². The van der Waals surface area contributed by atoms with Gasteiger partial charge in [-0.25, -0.2) is 0 Å². The van der Waals surface area contributed by atoms with E-state index in [4.69, 9.17) is 16.0 Å². The summed E-state index contributed by atoms with van der Waals surface area (Å²) >= 11 is 6.13. The van der Waals surface area contributed by atoms with Crippen LogP contribution in [0, 0.1) is 13.8 Å². The van der Waals surface area contributed by atoms with Crippen molar-refractivity contribution in [2.24, 2.45) is 0 Å². The highest BCUT2D eigenvalue weighted by molar-refractivity contribution is 6.31. The van der Waals surface area contributed by atoms with Crippen molar-refractivity contribution in [2.75, 3.05) is 5.32 Å². The monoisotopic (exact) mass is 325 g/mol. The first-order valence-electron chi connectivity index (χ1n) is 7.27. The summed E-state index contributed by atoms with van der Waals surface area (Å²) in [7, 11) is 0. The van der Waals surface area contributed by atoms with Gasteiger partial charge in [0.1, 0.15) is 5.76 Å². The minimum Gasteiger partial charge on any atom is -0.451 e. The summed E-state index contributed by atoms with van der Waals surface area (Å²) in [4.78, 5) is 12.3. The van der Waals surface area contributed by atoms with Crippen molar-refractivity contribution in [2.45, 2.75) is 13.8 Å². The Hall–Kier alpha value is -2.52. The molecule has 0 atom stereocenters. The predicted octanol–water partition coefficient (Wildman–Crippen LogP) is 5.47. The Labute approximate surface area is 139 Å². The number of furan rings is 1. The second-order valence-electron chi connectivity index (χ2n) is 5.45. The second kappa shape index (κ2) is 6.31. The molecule has 3 aromatic rings. The molecule has 0 saturated carbocycles. The topological polar surface area (TPSA) is 42.2 Å². The lowest BCUT2D eigenvalue weighted by atomic mass is 10.1. The van der Waals surface area contributed by atoms with Crippen molar-refractivity contribution >= 4 is 23.2 Å². The van der Waals surface area contributed by atoms with Crippen LogP contribution in [0.15, 0.2) is 59.0 Å². The van der Waals surface area contributed by atoms with Gasteiger partial charge < -0.3 is 9.73 Å². The number of hydrogen-bond donors (Lipinski definition) is 1. The molecule has 0 aliphatic heterocycles. The number of benzene rings is 2. The average molecular weight is 326 g/mol. The van der Waals surface area contributed by atoms with Gasteiger partial charge in [0.05, 0.1) is 0 Å². The van der Waals surface area contributed by atoms with E-state index in [0.717, 1.165) is 22.4 Å². The first-order valence-corrected chi connectivity index (χ1v) is 7.65. The van der Waals surface area contributed by atoms with E-state index in [1.807, 2.05) is 56.3 Å². The van der Waals surface area contributed by atoms with Gasteiger partial charge in [-0.2, -0.15) is 0 Å². The summed E-state index contributed by atoms with van der Waals surface area (Å²) in [5.41, 5.74) is 3.66. The fraction of sp³-hybridized carbons (Fsp3) is 0.105. The number of nitrogens with one attached hydrogen (secondary N) is 1. The third-order valence-electron chi connectivity index (χ3n) is 3.56. The minimum atomic E-state index is -0.278. The highest BCUT2D eigenvalue weighted by Crippen LogP contribution is 2.27. The quantitative estimate of drug-likeness (QED) is 0.693. The van der Waals surface area contributed by atoms with Crippen LogP contribution in [0.3, 0.4) is 0 Å². The first-order chi connectivity index (χ1) is 11.0. The van der Waals surface area contributed by atoms with Crippen LogP contribution in [0.1, 0.15) is 21.7 Å². The van der Waals surface area contributed by atoms with E-state index < -0.39 is 0 Å². The smallest absolute Gasteiger partial charge is 0.291 e. The molecule has 0 spiro atoms. The number of carbonyl (C=O) groups is 1. The van der Waals surface area contributed by atoms with Gasteiger partial charge in [-0.1, -0.05) is 35.9 Å². The summed E-state index contributed by atoms with van der Waals surface area (Å²) in [5, 5.41) is 3.50. The zero-order valence-electron chi connectivity index (χ0n) is 12.9. The Balaban J connectivity index is 1.81. The van der Waals surface area contributed by atoms with Crippen molar-refractivity contribution in [3.63, 3.8) is 0 Å². The standard InChI is InChI=1S/C19H16ClNO2/c1-12-4-3-5-15(10-12)21-19(22)18-9-8-17(23-18)14-7-6-13(2)16(20)11-14/h3-11H,1-2H3,(H,21,22). The zero-order chi connectivity index (χ0) is 16.4. The number of carbonyl (C=O) groups excluding carboxylic acids is 1. The zero-order valence-corrected chi connectivity index (χ0v) is 13.6. The third kappa shape index (κ3) is 3.46. The van der Waals surface area contributed by atoms with Crippen molar-refractivity contribution < 1.29 is 9.21 Å². The molecule has 3 nitrogen and oxygen atoms in total. The largest absolute Gasteiger partial charge is 0.451 e. The average Bonchev–Trinajstić information content (AvgIpc) is 3.00. The molecule has 4 heteroatoms. The van der Waals surface area contributed by atoms with Crippen molar-refractivity contribution in [3.05, 3.63) is 76.5 Å². The van der Waals surface area contributed by atoms with E-state index in [-0.39, 0.29) is 11.7 Å². The molecule has 0 aliphatic carbocycles. The lowest BCUT2D eigenvalue weighted by Gasteiger charge is -2.04. The number of anilines is 1. The molecule has 2 aromatic carbocycles. The van der Waals surface area contributed by atoms with Crippen LogP contribution in [-0.4, -0.2) is 5.91 Å². The summed E-state index contributed by atoms with van der Waals surface area (Å²) in [5.74, 6) is 0.597. The number of halogens is 1. The number of aryl methyl sites for hydroxylation is 2. The van der Waals surface area contributed by atoms with E-state index >= 15 is 0 Å². The SMILES string of the molecule is Cc1cccc(NC(=O)c2ccc(-c3ccc(C)c(Cl)c3)o2)c1. The summed E-state index contributed by atoms with van der Waals surface area (Å²) in [6, 6.07) is 16.7. The van der Waals surface area contributed by atoms with Gasteiger partial charge in [-0.05, 0) is 55.3 Å². The molecular formula is C19H16ClNO2. The molecule has 0 bridgehead atoms. The van der Waals surface area contributed by atoms with E-state index in [9.17, 15) is 4.79 Å². The normalized spacial score (nSPS) is 10.6. The summed E-state index contributed by atoms with van der Waals surface area (Å²) in [6.45, 7) is 3.91. The Kier molecular flexibility index (Phi) is 4.22. The molecule has 1 heterocycles. The van der Waals surface area contributed by atoms with Crippen LogP contribution in [-0.2, 0) is 0 Å². The summed E-state index contributed by atoms with van der Waals surface area (Å²) in [6.07, 6.45) is 0. The molecule has 23 heavy (non-hydrogen) atoms. The van der Waals surface area contributed by atoms with E-state index in [0.29, 0.717) is 10.8 Å². The number of hydrogen-bond acceptors (Lipinski definition) is 2. The second-order valence-corrected chi connectivity index (χ2v) is 5.86. The third-order valence-corrected chi connectivity index (χ3v) is 3.97. The fourth-order valence-electron chi connectivity index (χ4n) is 2.28. The van der Waals surface area contributed by atoms with E-state index in [2.05, 4.69) is 5.32 Å². The summed E-state index contributed by atoms with van der Waals surface area (Å²) < 4.78 is 5.66. The molecule has 0 radical (unpaired) electrons. The Morgan fingerprint density at radius 3 is 2.61 bits per heavy atom. The molecule has 3 rings (SSSR count). The maximum atomic E-state index is 12.3.